The molecule has 5 rings (SSSR count). The Bertz CT molecular complexity index is 1390. The van der Waals surface area contributed by atoms with Gasteiger partial charge in [-0.15, -0.1) is 0 Å². The smallest absolute Gasteiger partial charge is 0.315 e. The van der Waals surface area contributed by atoms with Crippen molar-refractivity contribution in [2.45, 2.75) is 52.1 Å². The number of para-hydroxylation sites is 1. The Morgan fingerprint density at radius 3 is 2.31 bits per heavy atom. The number of aliphatic imine (C=N–C) groups is 1. The van der Waals surface area contributed by atoms with Crippen molar-refractivity contribution < 1.29 is 19.1 Å². The first-order valence-electron chi connectivity index (χ1n) is 13.7. The maximum Gasteiger partial charge on any atom is 0.315 e. The second-order valence-electron chi connectivity index (χ2n) is 10.8. The minimum Gasteiger partial charge on any atom is -0.489 e. The van der Waals surface area contributed by atoms with E-state index in [0.717, 1.165) is 22.4 Å². The lowest BCUT2D eigenvalue weighted by molar-refractivity contribution is -0.147. The molecule has 0 spiro atoms. The van der Waals surface area contributed by atoms with Gasteiger partial charge in [0.25, 0.3) is 0 Å². The van der Waals surface area contributed by atoms with Gasteiger partial charge in [-0.25, -0.2) is 0 Å². The molecule has 0 aromatic heterocycles. The Labute approximate surface area is 230 Å². The van der Waals surface area contributed by atoms with Gasteiger partial charge in [0.05, 0.1) is 6.61 Å². The van der Waals surface area contributed by atoms with E-state index in [4.69, 9.17) is 14.5 Å². The predicted octanol–water partition coefficient (Wildman–Crippen LogP) is 7.04. The lowest BCUT2D eigenvalue weighted by atomic mass is 9.69. The van der Waals surface area contributed by atoms with Crippen LogP contribution in [-0.2, 0) is 20.9 Å². The van der Waals surface area contributed by atoms with Crippen molar-refractivity contribution in [3.63, 3.8) is 0 Å². The van der Waals surface area contributed by atoms with Crippen LogP contribution in [0.3, 0.4) is 0 Å². The number of benzene rings is 3. The molecule has 3 aromatic carbocycles. The molecule has 3 aromatic rings. The summed E-state index contributed by atoms with van der Waals surface area (Å²) >= 11 is 0. The summed E-state index contributed by atoms with van der Waals surface area (Å²) in [7, 11) is 0. The average molecular weight is 522 g/mol. The van der Waals surface area contributed by atoms with E-state index in [1.54, 1.807) is 0 Å². The highest BCUT2D eigenvalue weighted by Crippen LogP contribution is 2.48. The second-order valence-corrected chi connectivity index (χ2v) is 10.8. The quantitative estimate of drug-likeness (QED) is 0.298. The SMILES string of the molecule is CC1=NC2=C(C(=O)C[C@@H](c3ccccc3)C2)[C@H](c2ccccc2OCc2ccccc2)C1C(=O)OCC(C)C. The number of ether oxygens (including phenoxy) is 2. The molecule has 39 heavy (non-hydrogen) atoms. The van der Waals surface area contributed by atoms with Crippen LogP contribution in [0.25, 0.3) is 0 Å². The molecule has 0 amide bonds. The third kappa shape index (κ3) is 5.88. The number of esters is 1. The first-order valence-corrected chi connectivity index (χ1v) is 13.7. The number of hydrogen-bond acceptors (Lipinski definition) is 5. The molecule has 1 unspecified atom stereocenters. The van der Waals surface area contributed by atoms with E-state index >= 15 is 0 Å². The van der Waals surface area contributed by atoms with Crippen LogP contribution in [-0.4, -0.2) is 24.1 Å². The maximum atomic E-state index is 13.9. The first-order chi connectivity index (χ1) is 18.9. The molecule has 1 aliphatic heterocycles. The van der Waals surface area contributed by atoms with Crippen LogP contribution in [0.15, 0.2) is 101 Å². The summed E-state index contributed by atoms with van der Waals surface area (Å²) in [5.74, 6) is -0.610. The molecule has 0 saturated carbocycles. The van der Waals surface area contributed by atoms with E-state index in [0.29, 0.717) is 43.1 Å². The van der Waals surface area contributed by atoms with E-state index in [9.17, 15) is 9.59 Å². The van der Waals surface area contributed by atoms with Gasteiger partial charge in [-0.3, -0.25) is 14.6 Å². The minimum atomic E-state index is -0.693. The number of hydrogen-bond donors (Lipinski definition) is 0. The summed E-state index contributed by atoms with van der Waals surface area (Å²) in [5.41, 5.74) is 5.05. The number of nitrogens with zero attached hydrogens (tertiary/aromatic N) is 1. The van der Waals surface area contributed by atoms with Gasteiger partial charge in [-0.2, -0.15) is 0 Å². The summed E-state index contributed by atoms with van der Waals surface area (Å²) in [6.45, 7) is 6.60. The Morgan fingerprint density at radius 1 is 0.923 bits per heavy atom. The van der Waals surface area contributed by atoms with Crippen LogP contribution < -0.4 is 4.74 Å². The van der Waals surface area contributed by atoms with Crippen LogP contribution in [0.4, 0.5) is 0 Å². The van der Waals surface area contributed by atoms with E-state index in [2.05, 4.69) is 12.1 Å². The maximum absolute atomic E-state index is 13.9. The molecular formula is C34H35NO4. The normalized spacial score (nSPS) is 20.9. The molecule has 2 aliphatic rings. The second kappa shape index (κ2) is 11.8. The zero-order chi connectivity index (χ0) is 27.4. The fraction of sp³-hybridized carbons (Fsp3) is 0.324. The monoisotopic (exact) mass is 521 g/mol. The molecule has 200 valence electrons. The minimum absolute atomic E-state index is 0.0332. The number of carbonyl (C=O) groups is 2. The Kier molecular flexibility index (Phi) is 8.06. The molecular weight excluding hydrogens is 486 g/mol. The molecule has 5 heteroatoms. The van der Waals surface area contributed by atoms with E-state index < -0.39 is 11.8 Å². The van der Waals surface area contributed by atoms with E-state index in [1.165, 1.54) is 0 Å². The highest BCUT2D eigenvalue weighted by atomic mass is 16.5. The Hall–Kier alpha value is -3.99. The van der Waals surface area contributed by atoms with Gasteiger partial charge in [0.15, 0.2) is 5.78 Å². The zero-order valence-corrected chi connectivity index (χ0v) is 22.8. The highest BCUT2D eigenvalue weighted by molar-refractivity contribution is 6.09. The van der Waals surface area contributed by atoms with Gasteiger partial charge in [0.2, 0.25) is 0 Å². The van der Waals surface area contributed by atoms with E-state index in [-0.39, 0.29) is 23.6 Å². The van der Waals surface area contributed by atoms with Crippen LogP contribution >= 0.6 is 0 Å². The number of carbonyl (C=O) groups excluding carboxylic acids is 2. The van der Waals surface area contributed by atoms with Crippen molar-refractivity contribution in [1.82, 2.24) is 0 Å². The molecule has 0 N–H and O–H groups in total. The summed E-state index contributed by atoms with van der Waals surface area (Å²) in [4.78, 5) is 32.4. The van der Waals surface area contributed by atoms with Gasteiger partial charge in [0, 0.05) is 34.9 Å². The number of ketones is 1. The summed E-state index contributed by atoms with van der Waals surface area (Å²) < 4.78 is 12.1. The van der Waals surface area contributed by atoms with E-state index in [1.807, 2.05) is 93.6 Å². The van der Waals surface area contributed by atoms with Crippen LogP contribution in [0.2, 0.25) is 0 Å². The lowest BCUT2D eigenvalue weighted by Crippen LogP contribution is -2.38. The number of allylic oxidation sites excluding steroid dienone is 2. The Morgan fingerprint density at radius 2 is 1.59 bits per heavy atom. The topological polar surface area (TPSA) is 65.0 Å². The standard InChI is InChI=1S/C34H35NO4/c1-22(2)20-39-34(37)31-23(3)35-28-18-26(25-14-8-5-9-15-25)19-29(36)33(28)32(31)27-16-10-11-17-30(27)38-21-24-12-6-4-7-13-24/h4-17,22,26,31-32H,18-21H2,1-3H3/t26-,31?,32+/m0/s1. The third-order valence-corrected chi connectivity index (χ3v) is 7.46. The van der Waals surface area contributed by atoms with Gasteiger partial charge in [-0.1, -0.05) is 92.7 Å². The number of Topliss-reactive ketones (excluding diaryl/α,β-unsaturated/α-hetero) is 1. The van der Waals surface area contributed by atoms with Crippen molar-refractivity contribution >= 4 is 17.5 Å². The first kappa shape index (κ1) is 26.6. The van der Waals surface area contributed by atoms with Crippen LogP contribution in [0.5, 0.6) is 5.75 Å². The van der Waals surface area contributed by atoms with Crippen molar-refractivity contribution in [3.8, 4) is 5.75 Å². The summed E-state index contributed by atoms with van der Waals surface area (Å²) in [6.07, 6.45) is 1.04. The van der Waals surface area contributed by atoms with Crippen LogP contribution in [0.1, 0.15) is 62.1 Å². The van der Waals surface area contributed by atoms with Gasteiger partial charge >= 0.3 is 5.97 Å². The molecule has 5 nitrogen and oxygen atoms in total. The molecule has 1 aliphatic carbocycles. The van der Waals surface area contributed by atoms with Crippen LogP contribution in [0, 0.1) is 11.8 Å². The largest absolute Gasteiger partial charge is 0.489 e. The molecule has 0 fully saturated rings. The van der Waals surface area contributed by atoms with Crippen molar-refractivity contribution in [1.29, 1.82) is 0 Å². The molecule has 0 saturated heterocycles. The summed E-state index contributed by atoms with van der Waals surface area (Å²) in [6, 6.07) is 27.8. The van der Waals surface area contributed by atoms with Gasteiger partial charge < -0.3 is 9.47 Å². The van der Waals surface area contributed by atoms with Gasteiger partial charge in [-0.05, 0) is 42.4 Å². The molecule has 3 atom stereocenters. The van der Waals surface area contributed by atoms with Crippen molar-refractivity contribution in [3.05, 3.63) is 113 Å². The predicted molar refractivity (Wildman–Crippen MR) is 153 cm³/mol. The lowest BCUT2D eigenvalue weighted by Gasteiger charge is -2.37. The summed E-state index contributed by atoms with van der Waals surface area (Å²) in [5, 5.41) is 0. The van der Waals surface area contributed by atoms with Crippen molar-refractivity contribution in [2.24, 2.45) is 16.8 Å². The van der Waals surface area contributed by atoms with Crippen molar-refractivity contribution in [2.75, 3.05) is 6.61 Å². The number of rotatable bonds is 8. The molecule has 1 heterocycles. The molecule has 0 radical (unpaired) electrons. The fourth-order valence-corrected chi connectivity index (χ4v) is 5.60. The Balaban J connectivity index is 1.56. The highest BCUT2D eigenvalue weighted by Gasteiger charge is 2.45. The fourth-order valence-electron chi connectivity index (χ4n) is 5.60. The average Bonchev–Trinajstić information content (AvgIpc) is 2.95. The molecule has 0 bridgehead atoms. The zero-order valence-electron chi connectivity index (χ0n) is 22.8. The third-order valence-electron chi connectivity index (χ3n) is 7.46. The van der Waals surface area contributed by atoms with Gasteiger partial charge in [0.1, 0.15) is 18.3 Å².